The van der Waals surface area contributed by atoms with Crippen LogP contribution in [-0.2, 0) is 0 Å². The van der Waals surface area contributed by atoms with Gasteiger partial charge in [-0.2, -0.15) is 5.10 Å². The summed E-state index contributed by atoms with van der Waals surface area (Å²) in [5.74, 6) is 2.22. The maximum atomic E-state index is 10.5. The Kier molecular flexibility index (Phi) is 4.43. The van der Waals surface area contributed by atoms with Crippen molar-refractivity contribution in [2.75, 3.05) is 14.2 Å². The molecule has 1 N–H and O–H groups in total. The lowest BCUT2D eigenvalue weighted by molar-refractivity contribution is -0.0211. The fraction of sp³-hybridized carbons (Fsp3) is 0.217. The lowest BCUT2D eigenvalue weighted by atomic mass is 9.95. The molecule has 3 aromatic rings. The number of para-hydroxylation sites is 1. The molecule has 1 aromatic heterocycles. The van der Waals surface area contributed by atoms with Crippen LogP contribution in [0, 0.1) is 0 Å². The fourth-order valence-corrected chi connectivity index (χ4v) is 4.02. The van der Waals surface area contributed by atoms with Crippen molar-refractivity contribution in [3.05, 3.63) is 77.6 Å². The molecular formula is C23H21N3O4. The largest absolute Gasteiger partial charge is 0.507 e. The highest BCUT2D eigenvalue weighted by Gasteiger charge is 2.42. The number of ether oxygens (including phenoxy) is 3. The zero-order valence-corrected chi connectivity index (χ0v) is 16.6. The number of nitrogens with zero attached hydrogens (tertiary/aromatic N) is 3. The van der Waals surface area contributed by atoms with Gasteiger partial charge in [0.15, 0.2) is 11.5 Å². The highest BCUT2D eigenvalue weighted by atomic mass is 16.5. The third-order valence-corrected chi connectivity index (χ3v) is 5.48. The van der Waals surface area contributed by atoms with Crippen molar-refractivity contribution in [3.8, 4) is 23.0 Å². The minimum atomic E-state index is -0.460. The Labute approximate surface area is 174 Å². The van der Waals surface area contributed by atoms with Gasteiger partial charge in [-0.15, -0.1) is 0 Å². The molecule has 0 radical (unpaired) electrons. The number of hydrogen-bond acceptors (Lipinski definition) is 7. The molecule has 0 spiro atoms. The third-order valence-electron chi connectivity index (χ3n) is 5.48. The van der Waals surface area contributed by atoms with Gasteiger partial charge in [0.1, 0.15) is 11.5 Å². The van der Waals surface area contributed by atoms with Crippen molar-refractivity contribution in [1.29, 1.82) is 0 Å². The zero-order valence-electron chi connectivity index (χ0n) is 16.6. The molecule has 0 fully saturated rings. The first-order valence-electron chi connectivity index (χ1n) is 9.66. The molecule has 0 bridgehead atoms. The Balaban J connectivity index is 1.63. The number of methoxy groups -OCH3 is 2. The Morgan fingerprint density at radius 2 is 2.00 bits per heavy atom. The van der Waals surface area contributed by atoms with Crippen LogP contribution in [0.3, 0.4) is 0 Å². The summed E-state index contributed by atoms with van der Waals surface area (Å²) in [6.07, 6.45) is 3.66. The quantitative estimate of drug-likeness (QED) is 0.708. The third kappa shape index (κ3) is 2.90. The van der Waals surface area contributed by atoms with E-state index in [1.165, 1.54) is 0 Å². The number of rotatable bonds is 4. The molecule has 2 aromatic carbocycles. The van der Waals surface area contributed by atoms with E-state index in [1.807, 2.05) is 35.3 Å². The topological polar surface area (TPSA) is 76.4 Å². The van der Waals surface area contributed by atoms with Gasteiger partial charge in [-0.05, 0) is 30.3 Å². The number of hydrogen-bond donors (Lipinski definition) is 1. The summed E-state index contributed by atoms with van der Waals surface area (Å²) in [6.45, 7) is 0. The zero-order chi connectivity index (χ0) is 20.7. The molecule has 152 valence electrons. The molecule has 0 saturated carbocycles. The van der Waals surface area contributed by atoms with Crippen molar-refractivity contribution in [1.82, 2.24) is 9.99 Å². The first kappa shape index (κ1) is 18.3. The summed E-state index contributed by atoms with van der Waals surface area (Å²) in [6, 6.07) is 14.8. The molecular weight excluding hydrogens is 382 g/mol. The van der Waals surface area contributed by atoms with E-state index in [0.29, 0.717) is 29.2 Å². The number of fused-ring (bicyclic) bond motifs is 3. The Morgan fingerprint density at radius 3 is 2.77 bits per heavy atom. The van der Waals surface area contributed by atoms with Gasteiger partial charge in [0.2, 0.25) is 6.23 Å². The normalized spacial score (nSPS) is 19.4. The van der Waals surface area contributed by atoms with Crippen molar-refractivity contribution in [2.24, 2.45) is 5.10 Å². The van der Waals surface area contributed by atoms with Gasteiger partial charge in [0.25, 0.3) is 0 Å². The van der Waals surface area contributed by atoms with Crippen LogP contribution in [-0.4, -0.2) is 35.0 Å². The summed E-state index contributed by atoms with van der Waals surface area (Å²) in [4.78, 5) is 4.24. The molecule has 0 saturated heterocycles. The highest BCUT2D eigenvalue weighted by molar-refractivity contribution is 6.04. The maximum Gasteiger partial charge on any atom is 0.215 e. The van der Waals surface area contributed by atoms with Crippen LogP contribution in [0.5, 0.6) is 23.0 Å². The Morgan fingerprint density at radius 1 is 1.10 bits per heavy atom. The molecule has 30 heavy (non-hydrogen) atoms. The molecule has 0 amide bonds. The molecule has 3 heterocycles. The minimum Gasteiger partial charge on any atom is -0.507 e. The van der Waals surface area contributed by atoms with E-state index < -0.39 is 6.23 Å². The van der Waals surface area contributed by atoms with Gasteiger partial charge < -0.3 is 19.3 Å². The standard InChI is InChI=1S/C23H21N3O4/c1-28-15-8-9-20(27)17(11-15)18-12-19-16-6-3-7-21(29-2)22(16)30-23(26(19)25-18)14-5-4-10-24-13-14/h3-11,13,19,23,27H,12H2,1-2H3/t19-,23+/m1/s1. The number of aromatic hydroxyl groups is 1. The number of hydrazone groups is 1. The summed E-state index contributed by atoms with van der Waals surface area (Å²) < 4.78 is 17.3. The molecule has 7 nitrogen and oxygen atoms in total. The van der Waals surface area contributed by atoms with Crippen molar-refractivity contribution in [3.63, 3.8) is 0 Å². The van der Waals surface area contributed by atoms with E-state index in [4.69, 9.17) is 19.3 Å². The molecule has 7 heteroatoms. The van der Waals surface area contributed by atoms with E-state index in [1.54, 1.807) is 44.8 Å². The first-order chi connectivity index (χ1) is 14.7. The van der Waals surface area contributed by atoms with Crippen LogP contribution in [0.2, 0.25) is 0 Å². The minimum absolute atomic E-state index is 0.0605. The molecule has 2 aliphatic rings. The summed E-state index contributed by atoms with van der Waals surface area (Å²) in [5, 5.41) is 17.3. The van der Waals surface area contributed by atoms with E-state index in [-0.39, 0.29) is 11.8 Å². The van der Waals surface area contributed by atoms with E-state index >= 15 is 0 Å². The van der Waals surface area contributed by atoms with Gasteiger partial charge in [-0.25, -0.2) is 5.01 Å². The van der Waals surface area contributed by atoms with Crippen LogP contribution in [0.15, 0.2) is 66.0 Å². The smallest absolute Gasteiger partial charge is 0.215 e. The predicted octanol–water partition coefficient (Wildman–Crippen LogP) is 4.05. The fourth-order valence-electron chi connectivity index (χ4n) is 4.02. The number of phenols is 1. The van der Waals surface area contributed by atoms with Crippen LogP contribution >= 0.6 is 0 Å². The second kappa shape index (κ2) is 7.26. The molecule has 0 unspecified atom stereocenters. The average Bonchev–Trinajstić information content (AvgIpc) is 3.24. The number of pyridine rings is 1. The SMILES string of the molecule is COc1ccc(O)c(C2=NN3[C@H](C2)c2cccc(OC)c2O[C@H]3c2cccnc2)c1. The van der Waals surface area contributed by atoms with Gasteiger partial charge in [-0.1, -0.05) is 18.2 Å². The Hall–Kier alpha value is -3.74. The van der Waals surface area contributed by atoms with Crippen LogP contribution in [0.4, 0.5) is 0 Å². The van der Waals surface area contributed by atoms with Gasteiger partial charge in [0, 0.05) is 35.5 Å². The summed E-state index contributed by atoms with van der Waals surface area (Å²) in [5.41, 5.74) is 3.30. The van der Waals surface area contributed by atoms with E-state index in [9.17, 15) is 5.11 Å². The molecule has 2 atom stereocenters. The van der Waals surface area contributed by atoms with E-state index in [0.717, 1.165) is 16.8 Å². The maximum absolute atomic E-state index is 10.5. The summed E-state index contributed by atoms with van der Waals surface area (Å²) >= 11 is 0. The van der Waals surface area contributed by atoms with E-state index in [2.05, 4.69) is 4.98 Å². The van der Waals surface area contributed by atoms with Crippen LogP contribution in [0.1, 0.15) is 35.4 Å². The van der Waals surface area contributed by atoms with Crippen LogP contribution in [0.25, 0.3) is 0 Å². The number of benzene rings is 2. The summed E-state index contributed by atoms with van der Waals surface area (Å²) in [7, 11) is 3.24. The van der Waals surface area contributed by atoms with Gasteiger partial charge in [0.05, 0.1) is 26.0 Å². The lowest BCUT2D eigenvalue weighted by Crippen LogP contribution is -2.33. The lowest BCUT2D eigenvalue weighted by Gasteiger charge is -2.38. The molecule has 0 aliphatic carbocycles. The predicted molar refractivity (Wildman–Crippen MR) is 111 cm³/mol. The number of phenolic OH excluding ortho intramolecular Hbond substituents is 1. The molecule has 5 rings (SSSR count). The van der Waals surface area contributed by atoms with Gasteiger partial charge >= 0.3 is 0 Å². The average molecular weight is 403 g/mol. The monoisotopic (exact) mass is 403 g/mol. The van der Waals surface area contributed by atoms with Crippen molar-refractivity contribution >= 4 is 5.71 Å². The van der Waals surface area contributed by atoms with Crippen molar-refractivity contribution < 1.29 is 19.3 Å². The van der Waals surface area contributed by atoms with Crippen molar-refractivity contribution in [2.45, 2.75) is 18.7 Å². The molecule has 2 aliphatic heterocycles. The van der Waals surface area contributed by atoms with Crippen LogP contribution < -0.4 is 14.2 Å². The van der Waals surface area contributed by atoms with Gasteiger partial charge in [-0.3, -0.25) is 4.98 Å². The first-order valence-corrected chi connectivity index (χ1v) is 9.66. The highest BCUT2D eigenvalue weighted by Crippen LogP contribution is 2.51. The second-order valence-corrected chi connectivity index (χ2v) is 7.16. The second-order valence-electron chi connectivity index (χ2n) is 7.16. The number of aromatic nitrogens is 1. The Bertz CT molecular complexity index is 1120.